The van der Waals surface area contributed by atoms with E-state index < -0.39 is 0 Å². The van der Waals surface area contributed by atoms with Gasteiger partial charge in [-0.3, -0.25) is 0 Å². The normalized spacial score (nSPS) is 10.5. The van der Waals surface area contributed by atoms with Crippen LogP contribution in [-0.2, 0) is 0 Å². The van der Waals surface area contributed by atoms with Gasteiger partial charge in [0.2, 0.25) is 0 Å². The van der Waals surface area contributed by atoms with Crippen molar-refractivity contribution in [2.24, 2.45) is 10.9 Å². The second-order valence-corrected chi connectivity index (χ2v) is 5.45. The second-order valence-electron chi connectivity index (χ2n) is 5.05. The van der Waals surface area contributed by atoms with Gasteiger partial charge in [-0.15, -0.1) is 0 Å². The van der Waals surface area contributed by atoms with Crippen LogP contribution in [0.3, 0.4) is 0 Å². The summed E-state index contributed by atoms with van der Waals surface area (Å²) in [6.07, 6.45) is 0. The number of fused-ring (bicyclic) bond motifs is 1. The summed E-state index contributed by atoms with van der Waals surface area (Å²) in [7, 11) is 0. The molecule has 0 unspecified atom stereocenters. The Hall–Kier alpha value is -3.23. The number of nitrogens with zero attached hydrogens (tertiary/aromatic N) is 2. The highest BCUT2D eigenvalue weighted by molar-refractivity contribution is 6.35. The van der Waals surface area contributed by atoms with E-state index in [2.05, 4.69) is 22.0 Å². The Labute approximate surface area is 157 Å². The number of nitrogen functional groups attached to an aromatic ring is 1. The lowest BCUT2D eigenvalue weighted by Gasteiger charge is -2.04. The van der Waals surface area contributed by atoms with Crippen molar-refractivity contribution >= 4 is 34.2 Å². The number of amidine groups is 1. The Morgan fingerprint density at radius 1 is 1.12 bits per heavy atom. The van der Waals surface area contributed by atoms with Gasteiger partial charge < -0.3 is 16.7 Å². The first kappa shape index (κ1) is 19.1. The Morgan fingerprint density at radius 3 is 2.58 bits per heavy atom. The average Bonchev–Trinajstić information content (AvgIpc) is 2.68. The van der Waals surface area contributed by atoms with Gasteiger partial charge in [-0.2, -0.15) is 0 Å². The molecule has 0 aliphatic rings. The molecule has 0 amide bonds. The summed E-state index contributed by atoms with van der Waals surface area (Å²) in [5.74, 6) is 6.52. The molecule has 26 heavy (non-hydrogen) atoms. The molecule has 0 fully saturated rings. The largest absolute Gasteiger partial charge is 0.409 e. The average molecular weight is 367 g/mol. The Balaban J connectivity index is 0.00000117. The molecule has 1 heterocycles. The van der Waals surface area contributed by atoms with Crippen LogP contribution >= 0.6 is 11.6 Å². The third-order valence-electron chi connectivity index (χ3n) is 3.42. The van der Waals surface area contributed by atoms with Crippen LogP contribution in [-0.4, -0.2) is 16.0 Å². The lowest BCUT2D eigenvalue weighted by atomic mass is 10.1. The monoisotopic (exact) mass is 366 g/mol. The molecule has 1 aromatic heterocycles. The molecule has 0 spiro atoms. The molecular weight excluding hydrogens is 348 g/mol. The lowest BCUT2D eigenvalue weighted by molar-refractivity contribution is 0.318. The van der Waals surface area contributed by atoms with Gasteiger partial charge in [-0.25, -0.2) is 4.98 Å². The van der Waals surface area contributed by atoms with E-state index in [0.717, 1.165) is 16.5 Å². The number of hydrogen-bond acceptors (Lipinski definition) is 4. The summed E-state index contributed by atoms with van der Waals surface area (Å²) in [4.78, 5) is 4.26. The molecule has 0 aliphatic carbocycles. The van der Waals surface area contributed by atoms with Gasteiger partial charge in [-0.1, -0.05) is 66.7 Å². The minimum atomic E-state index is 0.0315. The number of aromatic nitrogens is 1. The van der Waals surface area contributed by atoms with Gasteiger partial charge in [-0.05, 0) is 24.3 Å². The van der Waals surface area contributed by atoms with Crippen molar-refractivity contribution in [1.29, 1.82) is 0 Å². The number of para-hydroxylation sites is 1. The van der Waals surface area contributed by atoms with Crippen LogP contribution in [0.15, 0.2) is 53.7 Å². The first-order chi connectivity index (χ1) is 12.6. The van der Waals surface area contributed by atoms with Crippen molar-refractivity contribution in [3.8, 4) is 11.8 Å². The standard InChI is InChI=1S/C18H13ClN4O.C2H6/c19-15-6-2-5-14-12(10-16(20)22-17(14)15)8-7-11-3-1-4-13(9-11)18(21)23-24;1-2/h1-6,9-10,24H,(H2,20,22)(H2,21,23);1-2H3. The van der Waals surface area contributed by atoms with Crippen molar-refractivity contribution < 1.29 is 5.21 Å². The molecule has 5 N–H and O–H groups in total. The fourth-order valence-electron chi connectivity index (χ4n) is 2.29. The zero-order valence-corrected chi connectivity index (χ0v) is 15.2. The van der Waals surface area contributed by atoms with Crippen LogP contribution in [0.4, 0.5) is 5.82 Å². The molecule has 132 valence electrons. The predicted molar refractivity (Wildman–Crippen MR) is 107 cm³/mol. The first-order valence-electron chi connectivity index (χ1n) is 8.03. The zero-order chi connectivity index (χ0) is 19.1. The molecule has 3 aromatic rings. The maximum absolute atomic E-state index is 8.76. The van der Waals surface area contributed by atoms with E-state index in [4.69, 9.17) is 28.3 Å². The molecule has 0 aliphatic heterocycles. The van der Waals surface area contributed by atoms with E-state index in [1.165, 1.54) is 0 Å². The van der Waals surface area contributed by atoms with Crippen molar-refractivity contribution in [3.05, 3.63) is 70.2 Å². The maximum atomic E-state index is 8.76. The Bertz CT molecular complexity index is 1020. The number of halogens is 1. The minimum Gasteiger partial charge on any atom is -0.409 e. The molecule has 5 nitrogen and oxygen atoms in total. The van der Waals surface area contributed by atoms with Gasteiger partial charge in [0.1, 0.15) is 5.82 Å². The fraction of sp³-hybridized carbons (Fsp3) is 0.100. The smallest absolute Gasteiger partial charge is 0.170 e. The predicted octanol–water partition coefficient (Wildman–Crippen LogP) is 3.99. The molecule has 3 rings (SSSR count). The van der Waals surface area contributed by atoms with Crippen molar-refractivity contribution in [2.75, 3.05) is 5.73 Å². The van der Waals surface area contributed by atoms with E-state index in [-0.39, 0.29) is 5.84 Å². The number of oxime groups is 1. The molecule has 0 radical (unpaired) electrons. The summed E-state index contributed by atoms with van der Waals surface area (Å²) < 4.78 is 0. The number of nitrogens with two attached hydrogens (primary N) is 2. The van der Waals surface area contributed by atoms with Crippen LogP contribution < -0.4 is 11.5 Å². The summed E-state index contributed by atoms with van der Waals surface area (Å²) in [6.45, 7) is 4.00. The van der Waals surface area contributed by atoms with Crippen LogP contribution in [0.1, 0.15) is 30.5 Å². The van der Waals surface area contributed by atoms with E-state index >= 15 is 0 Å². The summed E-state index contributed by atoms with van der Waals surface area (Å²) in [5.41, 5.74) is 14.1. The highest BCUT2D eigenvalue weighted by atomic mass is 35.5. The third-order valence-corrected chi connectivity index (χ3v) is 3.72. The highest BCUT2D eigenvalue weighted by Crippen LogP contribution is 2.25. The number of hydrogen-bond donors (Lipinski definition) is 3. The number of pyridine rings is 1. The van der Waals surface area contributed by atoms with Gasteiger partial charge in [0.05, 0.1) is 10.5 Å². The van der Waals surface area contributed by atoms with Crippen LogP contribution in [0, 0.1) is 11.8 Å². The summed E-state index contributed by atoms with van der Waals surface area (Å²) >= 11 is 6.17. The molecule has 0 saturated heterocycles. The number of rotatable bonds is 1. The van der Waals surface area contributed by atoms with Gasteiger partial charge in [0, 0.05) is 22.1 Å². The molecule has 0 bridgehead atoms. The lowest BCUT2D eigenvalue weighted by Crippen LogP contribution is -2.12. The maximum Gasteiger partial charge on any atom is 0.170 e. The van der Waals surface area contributed by atoms with Crippen molar-refractivity contribution in [1.82, 2.24) is 4.98 Å². The highest BCUT2D eigenvalue weighted by Gasteiger charge is 2.06. The third kappa shape index (κ3) is 4.24. The molecule has 6 heteroatoms. The Morgan fingerprint density at radius 2 is 1.85 bits per heavy atom. The van der Waals surface area contributed by atoms with Gasteiger partial charge in [0.25, 0.3) is 0 Å². The van der Waals surface area contributed by atoms with Gasteiger partial charge >= 0.3 is 0 Å². The molecular formula is C20H19ClN4O. The number of anilines is 1. The summed E-state index contributed by atoms with van der Waals surface area (Å²) in [5, 5.41) is 13.1. The van der Waals surface area contributed by atoms with E-state index in [9.17, 15) is 0 Å². The quantitative estimate of drug-likeness (QED) is 0.199. The van der Waals surface area contributed by atoms with Gasteiger partial charge in [0.15, 0.2) is 5.84 Å². The topological polar surface area (TPSA) is 97.5 Å². The van der Waals surface area contributed by atoms with Crippen LogP contribution in [0.2, 0.25) is 5.02 Å². The van der Waals surface area contributed by atoms with E-state index in [1.54, 1.807) is 30.3 Å². The van der Waals surface area contributed by atoms with Crippen molar-refractivity contribution in [3.63, 3.8) is 0 Å². The van der Waals surface area contributed by atoms with Crippen LogP contribution in [0.5, 0.6) is 0 Å². The Kier molecular flexibility index (Phi) is 6.42. The van der Waals surface area contributed by atoms with Crippen molar-refractivity contribution in [2.45, 2.75) is 13.8 Å². The second kappa shape index (κ2) is 8.75. The van der Waals surface area contributed by atoms with E-state index in [1.807, 2.05) is 32.0 Å². The SMILES string of the molecule is CC.N/C(=N\O)c1cccc(C#Cc2cc(N)nc3c(Cl)cccc23)c1. The minimum absolute atomic E-state index is 0.0315. The molecule has 0 atom stereocenters. The summed E-state index contributed by atoms with van der Waals surface area (Å²) in [6, 6.07) is 14.3. The molecule has 2 aromatic carbocycles. The number of benzene rings is 2. The zero-order valence-electron chi connectivity index (χ0n) is 14.5. The first-order valence-corrected chi connectivity index (χ1v) is 8.41. The molecule has 0 saturated carbocycles. The van der Waals surface area contributed by atoms with E-state index in [0.29, 0.717) is 21.9 Å². The fourth-order valence-corrected chi connectivity index (χ4v) is 2.51. The van der Waals surface area contributed by atoms with Crippen LogP contribution in [0.25, 0.3) is 10.9 Å².